The average Bonchev–Trinajstić information content (AvgIpc) is 3.38. The molecule has 2 aliphatic rings. The van der Waals surface area contributed by atoms with Gasteiger partial charge in [0.15, 0.2) is 0 Å². The molecule has 0 aromatic carbocycles. The highest BCUT2D eigenvalue weighted by atomic mass is 79.9. The summed E-state index contributed by atoms with van der Waals surface area (Å²) in [6, 6.07) is 0. The molecule has 0 aliphatic carbocycles. The van der Waals surface area contributed by atoms with Gasteiger partial charge in [-0.2, -0.15) is 5.10 Å². The molecule has 2 saturated heterocycles. The normalized spacial score (nSPS) is 18.4. The molecule has 9 heteroatoms. The summed E-state index contributed by atoms with van der Waals surface area (Å²) < 4.78 is 7.72. The number of carbonyl (C=O) groups is 2. The van der Waals surface area contributed by atoms with E-state index in [2.05, 4.69) is 26.2 Å². The van der Waals surface area contributed by atoms with Crippen molar-refractivity contribution in [3.8, 4) is 0 Å². The standard InChI is InChI=1S/C21H28BrN5O3/c1-5-27-18(17(22)14(3)23-27)20(29)26-11-8-21(12-26)6-9-25(10-7-21)19(28)16-13(2)24-30-15(16)4/h5-12H2,1-4H3. The minimum absolute atomic E-state index is 0.00159. The van der Waals surface area contributed by atoms with Gasteiger partial charge in [-0.15, -0.1) is 0 Å². The molecule has 2 fully saturated rings. The summed E-state index contributed by atoms with van der Waals surface area (Å²) in [5, 5.41) is 8.36. The molecule has 30 heavy (non-hydrogen) atoms. The van der Waals surface area contributed by atoms with E-state index in [-0.39, 0.29) is 17.2 Å². The van der Waals surface area contributed by atoms with Crippen LogP contribution in [-0.2, 0) is 6.54 Å². The lowest BCUT2D eigenvalue weighted by atomic mass is 9.77. The number of aromatic nitrogens is 3. The van der Waals surface area contributed by atoms with Crippen LogP contribution in [0.4, 0.5) is 0 Å². The van der Waals surface area contributed by atoms with Crippen LogP contribution in [0.1, 0.15) is 64.2 Å². The number of aryl methyl sites for hydroxylation is 4. The van der Waals surface area contributed by atoms with Crippen LogP contribution in [0.5, 0.6) is 0 Å². The molecular weight excluding hydrogens is 450 g/mol. The lowest BCUT2D eigenvalue weighted by Gasteiger charge is -2.39. The molecular formula is C21H28BrN5O3. The first kappa shape index (κ1) is 21.1. The van der Waals surface area contributed by atoms with Gasteiger partial charge in [-0.1, -0.05) is 5.16 Å². The Labute approximate surface area is 184 Å². The Kier molecular flexibility index (Phi) is 5.50. The number of carbonyl (C=O) groups excluding carboxylic acids is 2. The predicted octanol–water partition coefficient (Wildman–Crippen LogP) is 3.35. The van der Waals surface area contributed by atoms with Gasteiger partial charge in [0.1, 0.15) is 17.0 Å². The summed E-state index contributed by atoms with van der Waals surface area (Å²) in [4.78, 5) is 30.0. The third-order valence-electron chi connectivity index (χ3n) is 6.64. The quantitative estimate of drug-likeness (QED) is 0.676. The van der Waals surface area contributed by atoms with Crippen molar-refractivity contribution in [2.24, 2.45) is 5.41 Å². The number of rotatable bonds is 3. The molecule has 2 aromatic rings. The Morgan fingerprint density at radius 3 is 2.23 bits per heavy atom. The molecule has 0 radical (unpaired) electrons. The summed E-state index contributed by atoms with van der Waals surface area (Å²) in [5.41, 5.74) is 2.79. The fraction of sp³-hybridized carbons (Fsp3) is 0.619. The van der Waals surface area contributed by atoms with E-state index in [0.717, 1.165) is 42.5 Å². The van der Waals surface area contributed by atoms with Gasteiger partial charge in [0, 0.05) is 32.7 Å². The van der Waals surface area contributed by atoms with E-state index < -0.39 is 0 Å². The maximum atomic E-state index is 13.2. The summed E-state index contributed by atoms with van der Waals surface area (Å²) in [5.74, 6) is 0.609. The highest BCUT2D eigenvalue weighted by molar-refractivity contribution is 9.10. The maximum Gasteiger partial charge on any atom is 0.273 e. The number of amides is 2. The number of hydrogen-bond donors (Lipinski definition) is 0. The van der Waals surface area contributed by atoms with Crippen LogP contribution in [0.25, 0.3) is 0 Å². The lowest BCUT2D eigenvalue weighted by molar-refractivity contribution is 0.0561. The van der Waals surface area contributed by atoms with Gasteiger partial charge in [0.05, 0.1) is 15.9 Å². The van der Waals surface area contributed by atoms with Crippen molar-refractivity contribution < 1.29 is 14.1 Å². The Bertz CT molecular complexity index is 968. The largest absolute Gasteiger partial charge is 0.361 e. The molecule has 1 spiro atoms. The molecule has 0 unspecified atom stereocenters. The highest BCUT2D eigenvalue weighted by Crippen LogP contribution is 2.41. The van der Waals surface area contributed by atoms with Crippen LogP contribution >= 0.6 is 15.9 Å². The lowest BCUT2D eigenvalue weighted by Crippen LogP contribution is -2.45. The van der Waals surface area contributed by atoms with E-state index in [1.54, 1.807) is 18.5 Å². The van der Waals surface area contributed by atoms with Crippen LogP contribution < -0.4 is 0 Å². The maximum absolute atomic E-state index is 13.2. The summed E-state index contributed by atoms with van der Waals surface area (Å²) in [6.45, 7) is 11.0. The third-order valence-corrected chi connectivity index (χ3v) is 7.59. The van der Waals surface area contributed by atoms with Crippen molar-refractivity contribution in [3.63, 3.8) is 0 Å². The third kappa shape index (κ3) is 3.46. The summed E-state index contributed by atoms with van der Waals surface area (Å²) in [7, 11) is 0. The Morgan fingerprint density at radius 1 is 1.03 bits per heavy atom. The first-order valence-electron chi connectivity index (χ1n) is 10.5. The molecule has 162 valence electrons. The van der Waals surface area contributed by atoms with Gasteiger partial charge in [-0.25, -0.2) is 0 Å². The molecule has 8 nitrogen and oxygen atoms in total. The van der Waals surface area contributed by atoms with Crippen molar-refractivity contribution in [3.05, 3.63) is 32.9 Å². The fourth-order valence-corrected chi connectivity index (χ4v) is 5.24. The van der Waals surface area contributed by atoms with Crippen molar-refractivity contribution in [1.82, 2.24) is 24.7 Å². The van der Waals surface area contributed by atoms with E-state index in [4.69, 9.17) is 4.52 Å². The smallest absolute Gasteiger partial charge is 0.273 e. The van der Waals surface area contributed by atoms with Crippen LogP contribution in [0.2, 0.25) is 0 Å². The molecule has 2 aliphatic heterocycles. The van der Waals surface area contributed by atoms with E-state index in [0.29, 0.717) is 42.3 Å². The first-order chi connectivity index (χ1) is 14.3. The molecule has 0 bridgehead atoms. The van der Waals surface area contributed by atoms with E-state index in [1.165, 1.54) is 0 Å². The predicted molar refractivity (Wildman–Crippen MR) is 114 cm³/mol. The zero-order valence-corrected chi connectivity index (χ0v) is 19.6. The van der Waals surface area contributed by atoms with Crippen molar-refractivity contribution >= 4 is 27.7 Å². The number of piperidine rings is 1. The minimum Gasteiger partial charge on any atom is -0.361 e. The second-order valence-corrected chi connectivity index (χ2v) is 9.32. The Hall–Kier alpha value is -2.16. The highest BCUT2D eigenvalue weighted by Gasteiger charge is 2.44. The van der Waals surface area contributed by atoms with Gasteiger partial charge in [0.2, 0.25) is 0 Å². The van der Waals surface area contributed by atoms with Crippen LogP contribution in [0.15, 0.2) is 9.00 Å². The molecule has 4 rings (SSSR count). The number of hydrogen-bond acceptors (Lipinski definition) is 5. The topological polar surface area (TPSA) is 84.5 Å². The van der Waals surface area contributed by atoms with Gasteiger partial charge in [0.25, 0.3) is 11.8 Å². The zero-order valence-electron chi connectivity index (χ0n) is 18.0. The molecule has 0 saturated carbocycles. The molecule has 2 aromatic heterocycles. The number of nitrogens with zero attached hydrogens (tertiary/aromatic N) is 5. The van der Waals surface area contributed by atoms with Crippen molar-refractivity contribution in [2.45, 2.75) is 53.5 Å². The van der Waals surface area contributed by atoms with Crippen molar-refractivity contribution in [1.29, 1.82) is 0 Å². The van der Waals surface area contributed by atoms with Gasteiger partial charge < -0.3 is 14.3 Å². The monoisotopic (exact) mass is 477 g/mol. The Morgan fingerprint density at radius 2 is 1.67 bits per heavy atom. The zero-order chi connectivity index (χ0) is 21.6. The average molecular weight is 478 g/mol. The van der Waals surface area contributed by atoms with Crippen LogP contribution in [0, 0.1) is 26.2 Å². The van der Waals surface area contributed by atoms with Crippen LogP contribution in [0.3, 0.4) is 0 Å². The van der Waals surface area contributed by atoms with Gasteiger partial charge in [-0.05, 0) is 68.3 Å². The second-order valence-electron chi connectivity index (χ2n) is 8.53. The van der Waals surface area contributed by atoms with Gasteiger partial charge >= 0.3 is 0 Å². The minimum atomic E-state index is -0.00159. The van der Waals surface area contributed by atoms with Gasteiger partial charge in [-0.3, -0.25) is 14.3 Å². The van der Waals surface area contributed by atoms with Crippen molar-refractivity contribution in [2.75, 3.05) is 26.2 Å². The number of likely N-dealkylation sites (tertiary alicyclic amines) is 2. The SMILES string of the molecule is CCn1nc(C)c(Br)c1C(=O)N1CCC2(CCN(C(=O)c3c(C)noc3C)CC2)C1. The van der Waals surface area contributed by atoms with Crippen LogP contribution in [-0.4, -0.2) is 62.7 Å². The summed E-state index contributed by atoms with van der Waals surface area (Å²) >= 11 is 3.54. The number of halogens is 1. The van der Waals surface area contributed by atoms with E-state index in [9.17, 15) is 9.59 Å². The Balaban J connectivity index is 1.43. The molecule has 0 N–H and O–H groups in total. The summed E-state index contributed by atoms with van der Waals surface area (Å²) in [6.07, 6.45) is 2.78. The van der Waals surface area contributed by atoms with E-state index in [1.807, 2.05) is 23.6 Å². The van der Waals surface area contributed by atoms with E-state index >= 15 is 0 Å². The fourth-order valence-electron chi connectivity index (χ4n) is 4.79. The second kappa shape index (κ2) is 7.83. The molecule has 4 heterocycles. The molecule has 0 atom stereocenters. The first-order valence-corrected chi connectivity index (χ1v) is 11.3. The molecule has 2 amide bonds.